The second kappa shape index (κ2) is 9.97. The van der Waals surface area contributed by atoms with Crippen LogP contribution in [0.4, 0.5) is 5.69 Å². The first-order chi connectivity index (χ1) is 16.7. The fourth-order valence-electron chi connectivity index (χ4n) is 4.19. The van der Waals surface area contributed by atoms with Crippen molar-refractivity contribution in [3.8, 4) is 11.3 Å². The first-order valence-electron chi connectivity index (χ1n) is 11.3. The largest absolute Gasteiger partial charge is 0.269 e. The van der Waals surface area contributed by atoms with Gasteiger partial charge >= 0.3 is 0 Å². The lowest BCUT2D eigenvalue weighted by Crippen LogP contribution is -2.16. The van der Waals surface area contributed by atoms with E-state index in [1.54, 1.807) is 12.1 Å². The van der Waals surface area contributed by atoms with Crippen LogP contribution in [0.15, 0.2) is 94.3 Å². The molecule has 0 spiro atoms. The molecule has 0 saturated carbocycles. The molecule has 170 valence electrons. The number of aromatic nitrogens is 1. The Kier molecular flexibility index (Phi) is 6.44. The van der Waals surface area contributed by atoms with Gasteiger partial charge in [-0.15, -0.1) is 11.3 Å². The molecule has 34 heavy (non-hydrogen) atoms. The van der Waals surface area contributed by atoms with E-state index < -0.39 is 0 Å². The second-order valence-electron chi connectivity index (χ2n) is 8.23. The molecule has 7 heteroatoms. The van der Waals surface area contributed by atoms with Gasteiger partial charge in [0, 0.05) is 28.6 Å². The Labute approximate surface area is 201 Å². The lowest BCUT2D eigenvalue weighted by molar-refractivity contribution is -0.384. The molecule has 3 aromatic carbocycles. The molecule has 0 saturated heterocycles. The molecule has 0 N–H and O–H groups in total. The lowest BCUT2D eigenvalue weighted by atomic mass is 10.0. The summed E-state index contributed by atoms with van der Waals surface area (Å²) >= 11 is 1.53. The van der Waals surface area contributed by atoms with Crippen LogP contribution in [-0.2, 0) is 13.0 Å². The van der Waals surface area contributed by atoms with Gasteiger partial charge in [0.25, 0.3) is 5.69 Å². The smallest absolute Gasteiger partial charge is 0.258 e. The summed E-state index contributed by atoms with van der Waals surface area (Å²) in [5.74, 6) is 0. The SMILES string of the molecule is O=[N+]([O-])c1ccc(-c2csc(=NCc3ccccc3)n2N=C2CCCCc3ccccc32)cc1. The number of hydrogen-bond acceptors (Lipinski definition) is 5. The minimum absolute atomic E-state index is 0.0727. The van der Waals surface area contributed by atoms with Gasteiger partial charge in [-0.1, -0.05) is 54.6 Å². The predicted molar refractivity (Wildman–Crippen MR) is 136 cm³/mol. The van der Waals surface area contributed by atoms with Gasteiger partial charge in [0.05, 0.1) is 22.9 Å². The maximum absolute atomic E-state index is 11.1. The van der Waals surface area contributed by atoms with E-state index in [2.05, 4.69) is 36.4 Å². The minimum atomic E-state index is -0.380. The molecule has 6 nitrogen and oxygen atoms in total. The molecule has 0 fully saturated rings. The number of thiazole rings is 1. The summed E-state index contributed by atoms with van der Waals surface area (Å²) in [7, 11) is 0. The fraction of sp³-hybridized carbons (Fsp3) is 0.185. The predicted octanol–water partition coefficient (Wildman–Crippen LogP) is 6.20. The Hall–Kier alpha value is -3.84. The van der Waals surface area contributed by atoms with Crippen LogP contribution in [0.1, 0.15) is 36.0 Å². The van der Waals surface area contributed by atoms with Gasteiger partial charge in [-0.2, -0.15) is 5.10 Å². The summed E-state index contributed by atoms with van der Waals surface area (Å²) in [5.41, 5.74) is 6.53. The van der Waals surface area contributed by atoms with Crippen LogP contribution >= 0.6 is 11.3 Å². The zero-order chi connectivity index (χ0) is 23.3. The van der Waals surface area contributed by atoms with E-state index in [-0.39, 0.29) is 10.6 Å². The number of aryl methyl sites for hydroxylation is 1. The molecule has 0 radical (unpaired) electrons. The lowest BCUT2D eigenvalue weighted by Gasteiger charge is -2.10. The van der Waals surface area contributed by atoms with Crippen molar-refractivity contribution in [2.45, 2.75) is 32.2 Å². The quantitative estimate of drug-likeness (QED) is 0.199. The van der Waals surface area contributed by atoms with Crippen molar-refractivity contribution < 1.29 is 4.92 Å². The summed E-state index contributed by atoms with van der Waals surface area (Å²) in [6, 6.07) is 25.3. The third-order valence-electron chi connectivity index (χ3n) is 5.96. The Balaban J connectivity index is 1.63. The summed E-state index contributed by atoms with van der Waals surface area (Å²) in [6.07, 6.45) is 4.19. The van der Waals surface area contributed by atoms with Gasteiger partial charge in [0.15, 0.2) is 0 Å². The Morgan fingerprint density at radius 3 is 2.44 bits per heavy atom. The van der Waals surface area contributed by atoms with Crippen LogP contribution in [0.5, 0.6) is 0 Å². The molecule has 0 unspecified atom stereocenters. The third kappa shape index (κ3) is 4.75. The number of nitrogens with zero attached hydrogens (tertiary/aromatic N) is 4. The zero-order valence-electron chi connectivity index (χ0n) is 18.6. The van der Waals surface area contributed by atoms with Crippen molar-refractivity contribution in [2.75, 3.05) is 0 Å². The molecule has 0 aliphatic heterocycles. The highest BCUT2D eigenvalue weighted by Crippen LogP contribution is 2.25. The molecule has 1 aliphatic rings. The highest BCUT2D eigenvalue weighted by molar-refractivity contribution is 7.07. The molecule has 1 heterocycles. The number of nitro benzene ring substituents is 1. The van der Waals surface area contributed by atoms with E-state index in [4.69, 9.17) is 10.1 Å². The summed E-state index contributed by atoms with van der Waals surface area (Å²) in [5, 5.41) is 18.3. The van der Waals surface area contributed by atoms with E-state index in [1.807, 2.05) is 28.3 Å². The molecule has 1 aliphatic carbocycles. The van der Waals surface area contributed by atoms with E-state index in [0.717, 1.165) is 53.0 Å². The molecule has 4 aromatic rings. The minimum Gasteiger partial charge on any atom is -0.258 e. The number of non-ortho nitro benzene ring substituents is 1. The highest BCUT2D eigenvalue weighted by atomic mass is 32.1. The van der Waals surface area contributed by atoms with Gasteiger partial charge in [-0.25, -0.2) is 4.68 Å². The summed E-state index contributed by atoms with van der Waals surface area (Å²) in [4.78, 5) is 16.4. The number of rotatable bonds is 5. The van der Waals surface area contributed by atoms with Crippen LogP contribution in [0, 0.1) is 10.1 Å². The van der Waals surface area contributed by atoms with Crippen LogP contribution in [0.2, 0.25) is 0 Å². The van der Waals surface area contributed by atoms with E-state index in [1.165, 1.54) is 34.6 Å². The van der Waals surface area contributed by atoms with Crippen LogP contribution in [0.3, 0.4) is 0 Å². The number of fused-ring (bicyclic) bond motifs is 1. The third-order valence-corrected chi connectivity index (χ3v) is 6.81. The standard InChI is InChI=1S/C27H24N4O2S/c32-31(33)23-16-14-22(15-17-23)26-19-34-27(28-18-20-8-2-1-3-9-20)30(26)29-25-13-7-5-11-21-10-4-6-12-24(21)25/h1-4,6,8-10,12,14-17,19H,5,7,11,13,18H2. The van der Waals surface area contributed by atoms with E-state index >= 15 is 0 Å². The summed E-state index contributed by atoms with van der Waals surface area (Å²) in [6.45, 7) is 0.558. The van der Waals surface area contributed by atoms with Crippen molar-refractivity contribution in [3.63, 3.8) is 0 Å². The second-order valence-corrected chi connectivity index (χ2v) is 9.07. The Morgan fingerprint density at radius 1 is 0.912 bits per heavy atom. The first-order valence-corrected chi connectivity index (χ1v) is 12.2. The molecule has 5 rings (SSSR count). The van der Waals surface area contributed by atoms with E-state index in [9.17, 15) is 10.1 Å². The molecule has 0 bridgehead atoms. The topological polar surface area (TPSA) is 72.8 Å². The number of benzene rings is 3. The average molecular weight is 469 g/mol. The van der Waals surface area contributed by atoms with Crippen LogP contribution < -0.4 is 4.80 Å². The summed E-state index contributed by atoms with van der Waals surface area (Å²) < 4.78 is 1.91. The molecule has 0 amide bonds. The number of hydrogen-bond donors (Lipinski definition) is 0. The Bertz CT molecular complexity index is 1400. The molecular formula is C27H24N4O2S. The van der Waals surface area contributed by atoms with Crippen LogP contribution in [-0.4, -0.2) is 15.3 Å². The highest BCUT2D eigenvalue weighted by Gasteiger charge is 2.16. The monoisotopic (exact) mass is 468 g/mol. The normalized spacial score (nSPS) is 15.2. The van der Waals surface area contributed by atoms with Crippen molar-refractivity contribution in [1.29, 1.82) is 0 Å². The Morgan fingerprint density at radius 2 is 1.65 bits per heavy atom. The first kappa shape index (κ1) is 22.0. The average Bonchev–Trinajstić information content (AvgIpc) is 3.16. The van der Waals surface area contributed by atoms with Crippen molar-refractivity contribution >= 4 is 22.7 Å². The molecule has 0 atom stereocenters. The van der Waals surface area contributed by atoms with Gasteiger partial charge < -0.3 is 0 Å². The van der Waals surface area contributed by atoms with Gasteiger partial charge in [0.2, 0.25) is 4.80 Å². The van der Waals surface area contributed by atoms with Crippen molar-refractivity contribution in [2.24, 2.45) is 10.1 Å². The van der Waals surface area contributed by atoms with Gasteiger partial charge in [-0.05, 0) is 48.9 Å². The maximum Gasteiger partial charge on any atom is 0.269 e. The van der Waals surface area contributed by atoms with Gasteiger partial charge in [0.1, 0.15) is 0 Å². The molecule has 1 aromatic heterocycles. The van der Waals surface area contributed by atoms with Crippen LogP contribution in [0.25, 0.3) is 11.3 Å². The number of nitro groups is 1. The molecular weight excluding hydrogens is 444 g/mol. The van der Waals surface area contributed by atoms with Crippen molar-refractivity contribution in [1.82, 2.24) is 4.68 Å². The van der Waals surface area contributed by atoms with Gasteiger partial charge in [-0.3, -0.25) is 15.1 Å². The zero-order valence-corrected chi connectivity index (χ0v) is 19.4. The fourth-order valence-corrected chi connectivity index (χ4v) is 5.02. The maximum atomic E-state index is 11.1. The van der Waals surface area contributed by atoms with Crippen molar-refractivity contribution in [3.05, 3.63) is 116 Å². The van der Waals surface area contributed by atoms with E-state index in [0.29, 0.717) is 6.54 Å².